The molecule has 1 aromatic rings. The Morgan fingerprint density at radius 2 is 2.00 bits per heavy atom. The minimum atomic E-state index is -0.911. The molecule has 0 radical (unpaired) electrons. The van der Waals surface area contributed by atoms with Crippen molar-refractivity contribution in [3.05, 3.63) is 33.8 Å². The molecule has 0 aliphatic carbocycles. The van der Waals surface area contributed by atoms with Crippen LogP contribution in [0.4, 0.5) is 0 Å². The van der Waals surface area contributed by atoms with Crippen LogP contribution >= 0.6 is 35.0 Å². The first-order chi connectivity index (χ1) is 8.97. The molecule has 0 unspecified atom stereocenters. The smallest absolute Gasteiger partial charge is 0.223 e. The largest absolute Gasteiger partial charge is 0.386 e. The fraction of sp³-hybridized carbons (Fsp3) is 0.462. The van der Waals surface area contributed by atoms with Crippen molar-refractivity contribution >= 4 is 40.9 Å². The molecule has 0 fully saturated rings. The van der Waals surface area contributed by atoms with Gasteiger partial charge in [0, 0.05) is 33.8 Å². The predicted molar refractivity (Wildman–Crippen MR) is 82.0 cm³/mol. The van der Waals surface area contributed by atoms with E-state index in [-0.39, 0.29) is 18.4 Å². The van der Waals surface area contributed by atoms with Crippen LogP contribution in [-0.2, 0) is 4.79 Å². The van der Waals surface area contributed by atoms with Crippen LogP contribution in [0.1, 0.15) is 18.6 Å². The Labute approximate surface area is 127 Å². The predicted octanol–water partition coefficient (Wildman–Crippen LogP) is 3.14. The average Bonchev–Trinajstić information content (AvgIpc) is 2.36. The molecule has 0 spiro atoms. The van der Waals surface area contributed by atoms with Gasteiger partial charge in [-0.05, 0) is 18.4 Å². The highest BCUT2D eigenvalue weighted by Crippen LogP contribution is 2.29. The Morgan fingerprint density at radius 1 is 1.42 bits per heavy atom. The highest BCUT2D eigenvalue weighted by molar-refractivity contribution is 7.98. The lowest BCUT2D eigenvalue weighted by atomic mass is 10.1. The first-order valence-corrected chi connectivity index (χ1v) is 8.01. The Morgan fingerprint density at radius 3 is 2.53 bits per heavy atom. The van der Waals surface area contributed by atoms with Crippen LogP contribution < -0.4 is 5.32 Å². The summed E-state index contributed by atoms with van der Waals surface area (Å²) in [5.41, 5.74) is 0.448. The number of aliphatic hydroxyl groups is 1. The maximum atomic E-state index is 11.7. The molecule has 2 N–H and O–H groups in total. The standard InChI is InChI=1S/C13H17Cl2NO2S/c1-8(7-19-2)13(18)16-6-11(17)12-9(14)4-3-5-10(12)15/h3-5,8,11,17H,6-7H2,1-2H3,(H,16,18)/t8-,11-/m1/s1. The molecule has 106 valence electrons. The zero-order valence-corrected chi connectivity index (χ0v) is 13.1. The molecule has 0 aliphatic rings. The van der Waals surface area contributed by atoms with Crippen LogP contribution in [0, 0.1) is 5.92 Å². The van der Waals surface area contributed by atoms with E-state index >= 15 is 0 Å². The monoisotopic (exact) mass is 321 g/mol. The Kier molecular flexibility index (Phi) is 7.00. The summed E-state index contributed by atoms with van der Waals surface area (Å²) >= 11 is 13.6. The summed E-state index contributed by atoms with van der Waals surface area (Å²) in [4.78, 5) is 11.7. The third-order valence-corrected chi connectivity index (χ3v) is 4.16. The van der Waals surface area contributed by atoms with Gasteiger partial charge in [0.05, 0.1) is 6.10 Å². The third-order valence-electron chi connectivity index (χ3n) is 2.67. The van der Waals surface area contributed by atoms with E-state index < -0.39 is 6.10 Å². The lowest BCUT2D eigenvalue weighted by Gasteiger charge is -2.17. The molecule has 0 aromatic heterocycles. The van der Waals surface area contributed by atoms with Gasteiger partial charge in [-0.3, -0.25) is 4.79 Å². The van der Waals surface area contributed by atoms with Gasteiger partial charge in [-0.15, -0.1) is 0 Å². The number of aliphatic hydroxyl groups excluding tert-OH is 1. The second-order valence-electron chi connectivity index (χ2n) is 4.25. The molecule has 0 aliphatic heterocycles. The number of halogens is 2. The van der Waals surface area contributed by atoms with Gasteiger partial charge < -0.3 is 10.4 Å². The van der Waals surface area contributed by atoms with E-state index in [9.17, 15) is 9.90 Å². The van der Waals surface area contributed by atoms with Gasteiger partial charge in [0.1, 0.15) is 0 Å². The second-order valence-corrected chi connectivity index (χ2v) is 5.98. The average molecular weight is 322 g/mol. The first-order valence-electron chi connectivity index (χ1n) is 5.86. The second kappa shape index (κ2) is 8.00. The van der Waals surface area contributed by atoms with E-state index in [1.807, 2.05) is 13.2 Å². The molecule has 1 rings (SSSR count). The van der Waals surface area contributed by atoms with Crippen molar-refractivity contribution < 1.29 is 9.90 Å². The zero-order valence-electron chi connectivity index (χ0n) is 10.8. The van der Waals surface area contributed by atoms with Gasteiger partial charge in [-0.2, -0.15) is 11.8 Å². The Hall–Kier alpha value is -0.420. The van der Waals surface area contributed by atoms with Crippen molar-refractivity contribution in [3.8, 4) is 0 Å². The SMILES string of the molecule is CSC[C@@H](C)C(=O)NC[C@@H](O)c1c(Cl)cccc1Cl. The van der Waals surface area contributed by atoms with Crippen molar-refractivity contribution in [3.63, 3.8) is 0 Å². The number of thioether (sulfide) groups is 1. The summed E-state index contributed by atoms with van der Waals surface area (Å²) in [7, 11) is 0. The van der Waals surface area contributed by atoms with Crippen LogP contribution in [-0.4, -0.2) is 29.6 Å². The van der Waals surface area contributed by atoms with Crippen molar-refractivity contribution in [1.82, 2.24) is 5.32 Å². The van der Waals surface area contributed by atoms with E-state index in [1.165, 1.54) is 0 Å². The molecule has 0 bridgehead atoms. The topological polar surface area (TPSA) is 49.3 Å². The van der Waals surface area contributed by atoms with E-state index in [2.05, 4.69) is 5.32 Å². The summed E-state index contributed by atoms with van der Waals surface area (Å²) in [6.45, 7) is 1.95. The summed E-state index contributed by atoms with van der Waals surface area (Å²) in [6, 6.07) is 5.02. The minimum absolute atomic E-state index is 0.0865. The number of benzene rings is 1. The van der Waals surface area contributed by atoms with E-state index in [0.717, 1.165) is 5.75 Å². The molecule has 6 heteroatoms. The van der Waals surface area contributed by atoms with Gasteiger partial charge in [-0.25, -0.2) is 0 Å². The van der Waals surface area contributed by atoms with Gasteiger partial charge in [0.15, 0.2) is 0 Å². The summed E-state index contributed by atoms with van der Waals surface area (Å²) in [5, 5.41) is 13.5. The first kappa shape index (κ1) is 16.6. The lowest BCUT2D eigenvalue weighted by Crippen LogP contribution is -2.33. The molecule has 0 saturated carbocycles. The number of rotatable bonds is 6. The van der Waals surface area contributed by atoms with Crippen molar-refractivity contribution in [1.29, 1.82) is 0 Å². The molecular weight excluding hydrogens is 305 g/mol. The molecule has 3 nitrogen and oxygen atoms in total. The maximum Gasteiger partial charge on any atom is 0.223 e. The number of hydrogen-bond donors (Lipinski definition) is 2. The van der Waals surface area contributed by atoms with Crippen molar-refractivity contribution in [2.45, 2.75) is 13.0 Å². The van der Waals surface area contributed by atoms with Crippen LogP contribution in [0.5, 0.6) is 0 Å². The van der Waals surface area contributed by atoms with Crippen LogP contribution in [0.25, 0.3) is 0 Å². The molecule has 0 saturated heterocycles. The zero-order chi connectivity index (χ0) is 14.4. The number of amides is 1. The molecule has 19 heavy (non-hydrogen) atoms. The van der Waals surface area contributed by atoms with E-state index in [1.54, 1.807) is 30.0 Å². The minimum Gasteiger partial charge on any atom is -0.386 e. The molecule has 2 atom stereocenters. The normalized spacial score (nSPS) is 13.9. The summed E-state index contributed by atoms with van der Waals surface area (Å²) < 4.78 is 0. The fourth-order valence-electron chi connectivity index (χ4n) is 1.63. The van der Waals surface area contributed by atoms with Gasteiger partial charge in [-0.1, -0.05) is 36.2 Å². The molecular formula is C13H17Cl2NO2S. The Bertz CT molecular complexity index is 422. The van der Waals surface area contributed by atoms with Crippen LogP contribution in [0.15, 0.2) is 18.2 Å². The number of nitrogens with one attached hydrogen (secondary N) is 1. The highest BCUT2D eigenvalue weighted by atomic mass is 35.5. The summed E-state index contributed by atoms with van der Waals surface area (Å²) in [5.74, 6) is 0.565. The van der Waals surface area contributed by atoms with Crippen LogP contribution in [0.2, 0.25) is 10.0 Å². The fourth-order valence-corrected chi connectivity index (χ4v) is 2.93. The highest BCUT2D eigenvalue weighted by Gasteiger charge is 2.18. The summed E-state index contributed by atoms with van der Waals surface area (Å²) in [6.07, 6.45) is 1.04. The van der Waals surface area contributed by atoms with Gasteiger partial charge in [0.25, 0.3) is 0 Å². The van der Waals surface area contributed by atoms with E-state index in [0.29, 0.717) is 15.6 Å². The quantitative estimate of drug-likeness (QED) is 0.846. The van der Waals surface area contributed by atoms with Crippen LogP contribution in [0.3, 0.4) is 0 Å². The lowest BCUT2D eigenvalue weighted by molar-refractivity contribution is -0.124. The molecule has 1 amide bonds. The van der Waals surface area contributed by atoms with Crippen molar-refractivity contribution in [2.75, 3.05) is 18.6 Å². The molecule has 0 heterocycles. The van der Waals surface area contributed by atoms with E-state index in [4.69, 9.17) is 23.2 Å². The van der Waals surface area contributed by atoms with Gasteiger partial charge >= 0.3 is 0 Å². The maximum absolute atomic E-state index is 11.7. The molecule has 1 aromatic carbocycles. The van der Waals surface area contributed by atoms with Gasteiger partial charge in [0.2, 0.25) is 5.91 Å². The number of carbonyl (C=O) groups excluding carboxylic acids is 1. The number of carbonyl (C=O) groups is 1. The third kappa shape index (κ3) is 4.88. The van der Waals surface area contributed by atoms with Crippen molar-refractivity contribution in [2.24, 2.45) is 5.92 Å². The number of hydrogen-bond acceptors (Lipinski definition) is 3. The Balaban J connectivity index is 2.61.